The van der Waals surface area contributed by atoms with E-state index in [4.69, 9.17) is 0 Å². The van der Waals surface area contributed by atoms with Gasteiger partial charge in [0.05, 0.1) is 4.90 Å². The van der Waals surface area contributed by atoms with Crippen LogP contribution in [0.4, 0.5) is 0 Å². The van der Waals surface area contributed by atoms with Crippen molar-refractivity contribution < 1.29 is 8.42 Å². The molecule has 1 rings (SSSR count). The standard InChI is InChI=1S/C15H24BrNO2S2/c1-3-5-6-7-13-20(12-4-2)17-21(18,19)15-10-8-14(16)9-11-15/h8-11H,3-7,12-13H2,1-2H3/t20-/m0/s1. The van der Waals surface area contributed by atoms with Crippen molar-refractivity contribution in [1.82, 2.24) is 0 Å². The Kier molecular flexibility index (Phi) is 8.74. The lowest BCUT2D eigenvalue weighted by Crippen LogP contribution is -2.07. The lowest BCUT2D eigenvalue weighted by Gasteiger charge is -2.07. The molecule has 0 aliphatic heterocycles. The minimum absolute atomic E-state index is 0.285. The van der Waals surface area contributed by atoms with E-state index in [1.54, 1.807) is 24.3 Å². The van der Waals surface area contributed by atoms with Crippen LogP contribution in [-0.2, 0) is 20.7 Å². The van der Waals surface area contributed by atoms with Crippen LogP contribution in [0.3, 0.4) is 0 Å². The monoisotopic (exact) mass is 393 g/mol. The number of rotatable bonds is 9. The molecule has 0 spiro atoms. The second-order valence-corrected chi connectivity index (χ2v) is 9.61. The predicted octanol–water partition coefficient (Wildman–Crippen LogP) is 4.93. The molecule has 0 aliphatic rings. The van der Waals surface area contributed by atoms with Crippen LogP contribution in [0.15, 0.2) is 37.4 Å². The van der Waals surface area contributed by atoms with Gasteiger partial charge in [0, 0.05) is 16.0 Å². The van der Waals surface area contributed by atoms with Crippen molar-refractivity contribution >= 4 is 36.6 Å². The predicted molar refractivity (Wildman–Crippen MR) is 95.3 cm³/mol. The van der Waals surface area contributed by atoms with Crippen molar-refractivity contribution in [3.05, 3.63) is 28.7 Å². The van der Waals surface area contributed by atoms with E-state index in [0.717, 1.165) is 35.2 Å². The number of unbranched alkanes of at least 4 members (excludes halogenated alkanes) is 3. The minimum atomic E-state index is -3.52. The quantitative estimate of drug-likeness (QED) is 0.558. The Hall–Kier alpha value is -0.200. The van der Waals surface area contributed by atoms with Gasteiger partial charge in [0.15, 0.2) is 0 Å². The van der Waals surface area contributed by atoms with Crippen LogP contribution < -0.4 is 0 Å². The largest absolute Gasteiger partial charge is 0.287 e. The van der Waals surface area contributed by atoms with Crippen molar-refractivity contribution in [1.29, 1.82) is 0 Å². The minimum Gasteiger partial charge on any atom is -0.199 e. The van der Waals surface area contributed by atoms with E-state index in [2.05, 4.69) is 33.5 Å². The van der Waals surface area contributed by atoms with Crippen molar-refractivity contribution in [2.24, 2.45) is 3.77 Å². The smallest absolute Gasteiger partial charge is 0.199 e. The van der Waals surface area contributed by atoms with Gasteiger partial charge < -0.3 is 0 Å². The Morgan fingerprint density at radius 1 is 1.00 bits per heavy atom. The molecular formula is C15H24BrNO2S2. The van der Waals surface area contributed by atoms with Gasteiger partial charge in [-0.3, -0.25) is 0 Å². The second kappa shape index (κ2) is 9.74. The molecule has 0 aromatic heterocycles. The Balaban J connectivity index is 2.84. The van der Waals surface area contributed by atoms with Crippen molar-refractivity contribution in [2.45, 2.75) is 50.8 Å². The molecule has 0 fully saturated rings. The molecule has 0 aliphatic carbocycles. The third-order valence-corrected chi connectivity index (χ3v) is 7.65. The third-order valence-electron chi connectivity index (χ3n) is 2.99. The van der Waals surface area contributed by atoms with Crippen molar-refractivity contribution in [2.75, 3.05) is 11.5 Å². The molecule has 0 unspecified atom stereocenters. The summed E-state index contributed by atoms with van der Waals surface area (Å²) in [6, 6.07) is 6.68. The molecule has 1 atom stereocenters. The lowest BCUT2D eigenvalue weighted by atomic mass is 10.2. The molecule has 0 saturated heterocycles. The van der Waals surface area contributed by atoms with Crippen LogP contribution in [0, 0.1) is 0 Å². The van der Waals surface area contributed by atoms with Crippen LogP contribution in [0.5, 0.6) is 0 Å². The Morgan fingerprint density at radius 3 is 2.24 bits per heavy atom. The number of hydrogen-bond donors (Lipinski definition) is 0. The summed E-state index contributed by atoms with van der Waals surface area (Å²) in [7, 11) is -3.90. The Labute approximate surface area is 139 Å². The highest BCUT2D eigenvalue weighted by atomic mass is 79.9. The highest BCUT2D eigenvalue weighted by Crippen LogP contribution is 2.18. The summed E-state index contributed by atoms with van der Waals surface area (Å²) in [5.74, 6) is 1.76. The second-order valence-electron chi connectivity index (χ2n) is 4.93. The summed E-state index contributed by atoms with van der Waals surface area (Å²) < 4.78 is 29.7. The zero-order valence-electron chi connectivity index (χ0n) is 12.7. The van der Waals surface area contributed by atoms with Gasteiger partial charge in [-0.05, 0) is 37.1 Å². The van der Waals surface area contributed by atoms with Crippen LogP contribution >= 0.6 is 15.9 Å². The van der Waals surface area contributed by atoms with E-state index in [1.807, 2.05) is 0 Å². The summed E-state index contributed by atoms with van der Waals surface area (Å²) in [4.78, 5) is 0.285. The van der Waals surface area contributed by atoms with Crippen molar-refractivity contribution in [3.8, 4) is 0 Å². The maximum atomic E-state index is 12.3. The van der Waals surface area contributed by atoms with Crippen molar-refractivity contribution in [3.63, 3.8) is 0 Å². The van der Waals surface area contributed by atoms with E-state index >= 15 is 0 Å². The normalized spacial score (nSPS) is 13.5. The summed E-state index contributed by atoms with van der Waals surface area (Å²) in [6.45, 7) is 4.25. The van der Waals surface area contributed by atoms with Crippen LogP contribution in [-0.4, -0.2) is 19.9 Å². The van der Waals surface area contributed by atoms with E-state index < -0.39 is 10.0 Å². The fourth-order valence-electron chi connectivity index (χ4n) is 1.90. The van der Waals surface area contributed by atoms with E-state index in [0.29, 0.717) is 0 Å². The molecule has 1 aromatic carbocycles. The van der Waals surface area contributed by atoms with Crippen LogP contribution in [0.2, 0.25) is 0 Å². The van der Waals surface area contributed by atoms with Gasteiger partial charge in [-0.15, -0.1) is 3.77 Å². The molecule has 0 heterocycles. The first-order valence-corrected chi connectivity index (χ1v) is 11.2. The topological polar surface area (TPSA) is 46.5 Å². The first-order valence-electron chi connectivity index (χ1n) is 7.40. The van der Waals surface area contributed by atoms with Gasteiger partial charge in [0.2, 0.25) is 0 Å². The zero-order chi connectivity index (χ0) is 15.7. The van der Waals surface area contributed by atoms with Gasteiger partial charge in [-0.1, -0.05) is 59.7 Å². The van der Waals surface area contributed by atoms with E-state index in [1.165, 1.54) is 12.8 Å². The summed E-state index contributed by atoms with van der Waals surface area (Å²) in [5, 5.41) is 0. The fourth-order valence-corrected chi connectivity index (χ4v) is 5.90. The van der Waals surface area contributed by atoms with E-state index in [9.17, 15) is 8.42 Å². The van der Waals surface area contributed by atoms with Crippen LogP contribution in [0.1, 0.15) is 46.0 Å². The third kappa shape index (κ3) is 7.06. The molecule has 21 heavy (non-hydrogen) atoms. The van der Waals surface area contributed by atoms with Gasteiger partial charge in [-0.2, -0.15) is 8.42 Å². The highest BCUT2D eigenvalue weighted by Gasteiger charge is 2.13. The molecule has 0 saturated carbocycles. The average Bonchev–Trinajstić information content (AvgIpc) is 2.44. The lowest BCUT2D eigenvalue weighted by molar-refractivity contribution is 0.598. The SMILES string of the molecule is CCCCCC[S@](CCC)=NS(=O)(=O)c1ccc(Br)cc1. The number of nitrogens with zero attached hydrogens (tertiary/aromatic N) is 1. The zero-order valence-corrected chi connectivity index (χ0v) is 15.9. The first kappa shape index (κ1) is 18.8. The van der Waals surface area contributed by atoms with E-state index in [-0.39, 0.29) is 15.6 Å². The fraction of sp³-hybridized carbons (Fsp3) is 0.600. The number of halogens is 1. The van der Waals surface area contributed by atoms with Gasteiger partial charge in [0.25, 0.3) is 10.0 Å². The molecule has 1 aromatic rings. The maximum Gasteiger partial charge on any atom is 0.287 e. The molecule has 0 radical (unpaired) electrons. The number of hydrogen-bond acceptors (Lipinski definition) is 2. The Bertz CT molecular complexity index is 554. The van der Waals surface area contributed by atoms with Gasteiger partial charge >= 0.3 is 0 Å². The molecule has 120 valence electrons. The molecule has 3 nitrogen and oxygen atoms in total. The summed E-state index contributed by atoms with van der Waals surface area (Å²) in [5.41, 5.74) is 0. The first-order chi connectivity index (χ1) is 9.99. The molecule has 6 heteroatoms. The highest BCUT2D eigenvalue weighted by molar-refractivity contribution is 9.10. The maximum absolute atomic E-state index is 12.3. The average molecular weight is 394 g/mol. The molecule has 0 amide bonds. The molecule has 0 N–H and O–H groups in total. The van der Waals surface area contributed by atoms with Gasteiger partial charge in [-0.25, -0.2) is 0 Å². The van der Waals surface area contributed by atoms with Crippen LogP contribution in [0.25, 0.3) is 0 Å². The van der Waals surface area contributed by atoms with Gasteiger partial charge in [0.1, 0.15) is 0 Å². The summed E-state index contributed by atoms with van der Waals surface area (Å²) >= 11 is 3.31. The Morgan fingerprint density at radius 2 is 1.67 bits per heavy atom. The number of benzene rings is 1. The number of sulfonamides is 1. The molecule has 0 bridgehead atoms. The molecular weight excluding hydrogens is 370 g/mol. The summed E-state index contributed by atoms with van der Waals surface area (Å²) in [6.07, 6.45) is 5.60.